The molecule has 2 aromatic carbocycles. The zero-order valence-electron chi connectivity index (χ0n) is 19.0. The van der Waals surface area contributed by atoms with Crippen LogP contribution in [0.15, 0.2) is 58.8 Å². The SMILES string of the molecule is CC(C)(c1ccc(OCCCN(N)/C(=C\N)CO)cc1)c1ccc(OCC(O)CCl)c(Br)c1. The summed E-state index contributed by atoms with van der Waals surface area (Å²) in [7, 11) is 0. The first-order chi connectivity index (χ1) is 15.7. The van der Waals surface area contributed by atoms with Gasteiger partial charge in [0.1, 0.15) is 24.2 Å². The van der Waals surface area contributed by atoms with E-state index in [1.54, 1.807) is 0 Å². The van der Waals surface area contributed by atoms with E-state index < -0.39 is 6.10 Å². The molecule has 0 bridgehead atoms. The highest BCUT2D eigenvalue weighted by Gasteiger charge is 2.24. The lowest BCUT2D eigenvalue weighted by Crippen LogP contribution is -2.34. The van der Waals surface area contributed by atoms with Gasteiger partial charge in [-0.05, 0) is 51.3 Å². The van der Waals surface area contributed by atoms with Crippen molar-refractivity contribution in [3.63, 3.8) is 0 Å². The van der Waals surface area contributed by atoms with E-state index in [1.165, 1.54) is 11.2 Å². The third-order valence-electron chi connectivity index (χ3n) is 5.37. The molecule has 2 rings (SSSR count). The standard InChI is InChI=1S/C24H33BrClN3O4/c1-24(2,18-6-9-23(22(25)12-18)33-16-20(31)13-26)17-4-7-21(8-5-17)32-11-3-10-29(28)19(14-27)15-30/h4-9,12,14,20,30-31H,3,10-11,13,15-16,27-28H2,1-2H3/b19-14-. The van der Waals surface area contributed by atoms with Crippen LogP contribution < -0.4 is 21.1 Å². The number of aliphatic hydroxyl groups excluding tert-OH is 2. The van der Waals surface area contributed by atoms with Gasteiger partial charge >= 0.3 is 0 Å². The molecule has 0 spiro atoms. The normalized spacial score (nSPS) is 13.0. The summed E-state index contributed by atoms with van der Waals surface area (Å²) in [6, 6.07) is 14.0. The molecule has 0 aliphatic carbocycles. The number of hydrogen-bond acceptors (Lipinski definition) is 7. The van der Waals surface area contributed by atoms with Crippen molar-refractivity contribution in [3.05, 3.63) is 70.0 Å². The summed E-state index contributed by atoms with van der Waals surface area (Å²) in [5, 5.41) is 20.2. The van der Waals surface area contributed by atoms with Gasteiger partial charge in [-0.3, -0.25) is 0 Å². The van der Waals surface area contributed by atoms with Crippen molar-refractivity contribution < 1.29 is 19.7 Å². The molecule has 0 aromatic heterocycles. The van der Waals surface area contributed by atoms with Crippen molar-refractivity contribution in [3.8, 4) is 11.5 Å². The smallest absolute Gasteiger partial charge is 0.133 e. The molecule has 0 saturated carbocycles. The van der Waals surface area contributed by atoms with Gasteiger partial charge in [-0.2, -0.15) is 0 Å². The van der Waals surface area contributed by atoms with Crippen LogP contribution in [0.5, 0.6) is 11.5 Å². The Morgan fingerprint density at radius 1 is 1.18 bits per heavy atom. The summed E-state index contributed by atoms with van der Waals surface area (Å²) in [5.74, 6) is 7.40. The molecular formula is C24H33BrClN3O4. The lowest BCUT2D eigenvalue weighted by atomic mass is 9.78. The molecule has 1 atom stereocenters. The summed E-state index contributed by atoms with van der Waals surface area (Å²) in [4.78, 5) is 0. The maximum Gasteiger partial charge on any atom is 0.133 e. The lowest BCUT2D eigenvalue weighted by Gasteiger charge is -2.27. The summed E-state index contributed by atoms with van der Waals surface area (Å²) in [5.41, 5.74) is 7.90. The zero-order chi connectivity index (χ0) is 24.4. The monoisotopic (exact) mass is 541 g/mol. The molecule has 6 N–H and O–H groups in total. The van der Waals surface area contributed by atoms with Crippen molar-refractivity contribution in [2.75, 3.05) is 32.2 Å². The van der Waals surface area contributed by atoms with Crippen LogP contribution in [0.4, 0.5) is 0 Å². The second-order valence-electron chi connectivity index (χ2n) is 8.13. The molecule has 0 fully saturated rings. The van der Waals surface area contributed by atoms with Crippen LogP contribution in [0.25, 0.3) is 0 Å². The van der Waals surface area contributed by atoms with Crippen molar-refractivity contribution in [1.29, 1.82) is 0 Å². The zero-order valence-corrected chi connectivity index (χ0v) is 21.3. The van der Waals surface area contributed by atoms with E-state index in [0.717, 1.165) is 21.3 Å². The number of rotatable bonds is 13. The second kappa shape index (κ2) is 13.1. The molecule has 0 radical (unpaired) electrons. The minimum absolute atomic E-state index is 0.129. The van der Waals surface area contributed by atoms with E-state index in [0.29, 0.717) is 31.0 Å². The maximum absolute atomic E-state index is 9.59. The molecule has 1 unspecified atom stereocenters. The summed E-state index contributed by atoms with van der Waals surface area (Å²) in [6.07, 6.45) is 1.28. The lowest BCUT2D eigenvalue weighted by molar-refractivity contribution is 0.125. The van der Waals surface area contributed by atoms with Gasteiger partial charge in [0.25, 0.3) is 0 Å². The Bertz CT molecular complexity index is 909. The molecule has 2 aromatic rings. The number of halogens is 2. The second-order valence-corrected chi connectivity index (χ2v) is 9.29. The molecule has 0 heterocycles. The Balaban J connectivity index is 1.96. The first-order valence-electron chi connectivity index (χ1n) is 10.7. The number of ether oxygens (including phenoxy) is 2. The van der Waals surface area contributed by atoms with E-state index >= 15 is 0 Å². The Hall–Kier alpha value is -1.97. The molecule has 33 heavy (non-hydrogen) atoms. The van der Waals surface area contributed by atoms with Crippen molar-refractivity contribution in [2.45, 2.75) is 31.8 Å². The van der Waals surface area contributed by atoms with Gasteiger partial charge in [0.2, 0.25) is 0 Å². The Kier molecular flexibility index (Phi) is 10.8. The average molecular weight is 543 g/mol. The number of nitrogens with zero attached hydrogens (tertiary/aromatic N) is 1. The molecule has 9 heteroatoms. The summed E-state index contributed by atoms with van der Waals surface area (Å²) in [6.45, 7) is 5.26. The van der Waals surface area contributed by atoms with E-state index in [9.17, 15) is 5.11 Å². The minimum atomic E-state index is -0.703. The van der Waals surface area contributed by atoms with E-state index in [-0.39, 0.29) is 24.5 Å². The van der Waals surface area contributed by atoms with Crippen LogP contribution in [0.1, 0.15) is 31.4 Å². The van der Waals surface area contributed by atoms with Gasteiger partial charge in [-0.15, -0.1) is 11.6 Å². The van der Waals surface area contributed by atoms with Crippen LogP contribution >= 0.6 is 27.5 Å². The molecule has 0 aliphatic heterocycles. The van der Waals surface area contributed by atoms with Crippen molar-refractivity contribution in [2.24, 2.45) is 11.6 Å². The fourth-order valence-electron chi connectivity index (χ4n) is 3.18. The minimum Gasteiger partial charge on any atom is -0.494 e. The maximum atomic E-state index is 9.59. The molecule has 0 amide bonds. The Morgan fingerprint density at radius 3 is 2.42 bits per heavy atom. The molecule has 182 valence electrons. The quantitative estimate of drug-likeness (QED) is 0.133. The van der Waals surface area contributed by atoms with E-state index in [4.69, 9.17) is 37.8 Å². The summed E-state index contributed by atoms with van der Waals surface area (Å²) < 4.78 is 12.3. The molecule has 7 nitrogen and oxygen atoms in total. The Morgan fingerprint density at radius 2 is 1.85 bits per heavy atom. The van der Waals surface area contributed by atoms with Gasteiger partial charge in [-0.25, -0.2) is 5.84 Å². The first-order valence-corrected chi connectivity index (χ1v) is 12.0. The van der Waals surface area contributed by atoms with Gasteiger partial charge in [0.05, 0.1) is 29.3 Å². The predicted molar refractivity (Wildman–Crippen MR) is 135 cm³/mol. The summed E-state index contributed by atoms with van der Waals surface area (Å²) >= 11 is 9.18. The van der Waals surface area contributed by atoms with Gasteiger partial charge in [-0.1, -0.05) is 32.0 Å². The highest BCUT2D eigenvalue weighted by molar-refractivity contribution is 9.10. The molecular weight excluding hydrogens is 510 g/mol. The van der Waals surface area contributed by atoms with Crippen LogP contribution in [0.3, 0.4) is 0 Å². The number of nitrogens with two attached hydrogens (primary N) is 2. The van der Waals surface area contributed by atoms with Gasteiger partial charge in [0, 0.05) is 24.6 Å². The third kappa shape index (κ3) is 7.79. The molecule has 0 aliphatic rings. The fraction of sp³-hybridized carbons (Fsp3) is 0.417. The number of hydrazine groups is 1. The highest BCUT2D eigenvalue weighted by atomic mass is 79.9. The van der Waals surface area contributed by atoms with Gasteiger partial charge in [0.15, 0.2) is 0 Å². The number of benzene rings is 2. The van der Waals surface area contributed by atoms with Gasteiger partial charge < -0.3 is 30.4 Å². The largest absolute Gasteiger partial charge is 0.494 e. The van der Waals surface area contributed by atoms with E-state index in [1.807, 2.05) is 30.3 Å². The van der Waals surface area contributed by atoms with Crippen molar-refractivity contribution >= 4 is 27.5 Å². The van der Waals surface area contributed by atoms with Crippen LogP contribution in [0, 0.1) is 0 Å². The topological polar surface area (TPSA) is 114 Å². The molecule has 0 saturated heterocycles. The fourth-order valence-corrected chi connectivity index (χ4v) is 3.76. The third-order valence-corrected chi connectivity index (χ3v) is 6.35. The first kappa shape index (κ1) is 27.3. The van der Waals surface area contributed by atoms with E-state index in [2.05, 4.69) is 41.9 Å². The predicted octanol–water partition coefficient (Wildman–Crippen LogP) is 3.49. The number of hydrogen-bond donors (Lipinski definition) is 4. The van der Waals surface area contributed by atoms with Crippen molar-refractivity contribution in [1.82, 2.24) is 5.01 Å². The highest BCUT2D eigenvalue weighted by Crippen LogP contribution is 2.36. The van der Waals surface area contributed by atoms with Crippen LogP contribution in [0.2, 0.25) is 0 Å². The van der Waals surface area contributed by atoms with Crippen LogP contribution in [-0.2, 0) is 5.41 Å². The Labute approximate surface area is 209 Å². The number of alkyl halides is 1. The number of aliphatic hydroxyl groups is 2. The van der Waals surface area contributed by atoms with Crippen LogP contribution in [-0.4, -0.2) is 53.6 Å². The average Bonchev–Trinajstić information content (AvgIpc) is 2.81.